The van der Waals surface area contributed by atoms with Crippen LogP contribution < -0.4 is 4.72 Å². The third-order valence-corrected chi connectivity index (χ3v) is 8.59. The summed E-state index contributed by atoms with van der Waals surface area (Å²) in [6.45, 7) is 5.06. The van der Waals surface area contributed by atoms with Gasteiger partial charge in [0.1, 0.15) is 17.0 Å². The zero-order valence-corrected chi connectivity index (χ0v) is 22.4. The molecule has 200 valence electrons. The number of aromatic amines is 2. The van der Waals surface area contributed by atoms with E-state index in [-0.39, 0.29) is 23.1 Å². The van der Waals surface area contributed by atoms with Crippen LogP contribution >= 0.6 is 0 Å². The second kappa shape index (κ2) is 10.3. The molecule has 0 spiro atoms. The summed E-state index contributed by atoms with van der Waals surface area (Å²) < 4.78 is 41.8. The van der Waals surface area contributed by atoms with Crippen LogP contribution in [-0.4, -0.2) is 70.5 Å². The van der Waals surface area contributed by atoms with Gasteiger partial charge in [-0.15, -0.1) is 0 Å². The van der Waals surface area contributed by atoms with E-state index in [9.17, 15) is 13.5 Å². The van der Waals surface area contributed by atoms with Gasteiger partial charge in [-0.2, -0.15) is 5.10 Å². The molecule has 1 aliphatic rings. The molecular weight excluding hydrogens is 507 g/mol. The average Bonchev–Trinajstić information content (AvgIpc) is 3.56. The maximum Gasteiger partial charge on any atom is 0.212 e. The standard InChI is InChI=1S/C27H31FN6O3S/c1-4-17-13-19(35)7-8-20(17)21-9-10-22-25(24(21)28)32-33-26(22)27-30-14-23(31-27)18-6-5-16(2)34(15-18)11-12-38(36,37)29-3/h6-10,13-14,16,29,35H,4-5,11-12,15H2,1-3H3,(H,30,31)(H,32,33)/t16-/m0/s1. The van der Waals surface area contributed by atoms with E-state index in [2.05, 4.69) is 42.8 Å². The molecule has 1 atom stereocenters. The van der Waals surface area contributed by atoms with Crippen molar-refractivity contribution in [2.45, 2.75) is 32.7 Å². The van der Waals surface area contributed by atoms with Crippen LogP contribution in [0.5, 0.6) is 5.75 Å². The van der Waals surface area contributed by atoms with Crippen LogP contribution in [0.25, 0.3) is 39.1 Å². The third-order valence-electron chi connectivity index (χ3n) is 7.24. The Bertz CT molecular complexity index is 1620. The summed E-state index contributed by atoms with van der Waals surface area (Å²) in [5.74, 6) is 0.287. The van der Waals surface area contributed by atoms with Crippen molar-refractivity contribution < 1.29 is 17.9 Å². The van der Waals surface area contributed by atoms with E-state index < -0.39 is 15.8 Å². The number of imidazole rings is 1. The number of nitrogens with zero attached hydrogens (tertiary/aromatic N) is 3. The number of phenolic OH excluding ortho intramolecular Hbond substituents is 1. The lowest BCUT2D eigenvalue weighted by atomic mass is 9.96. The van der Waals surface area contributed by atoms with Crippen LogP contribution in [0.1, 0.15) is 31.5 Å². The van der Waals surface area contributed by atoms with E-state index in [1.54, 1.807) is 30.5 Å². The number of aromatic hydroxyl groups is 1. The van der Waals surface area contributed by atoms with Gasteiger partial charge in [0.2, 0.25) is 10.0 Å². The van der Waals surface area contributed by atoms with Crippen molar-refractivity contribution in [1.29, 1.82) is 0 Å². The van der Waals surface area contributed by atoms with Crippen molar-refractivity contribution in [2.75, 3.05) is 25.9 Å². The Morgan fingerprint density at radius 1 is 1.24 bits per heavy atom. The van der Waals surface area contributed by atoms with E-state index in [4.69, 9.17) is 0 Å². The molecule has 0 fully saturated rings. The maximum atomic E-state index is 15.6. The molecule has 4 aromatic rings. The monoisotopic (exact) mass is 538 g/mol. The molecule has 4 N–H and O–H groups in total. The number of benzene rings is 2. The molecule has 0 aliphatic carbocycles. The molecule has 1 aliphatic heterocycles. The summed E-state index contributed by atoms with van der Waals surface area (Å²) in [7, 11) is -1.86. The fraction of sp³-hybridized carbons (Fsp3) is 0.333. The highest BCUT2D eigenvalue weighted by Gasteiger charge is 2.24. The first kappa shape index (κ1) is 26.1. The van der Waals surface area contributed by atoms with Gasteiger partial charge in [-0.1, -0.05) is 25.1 Å². The molecule has 0 saturated heterocycles. The first-order valence-corrected chi connectivity index (χ1v) is 14.2. The van der Waals surface area contributed by atoms with Crippen LogP contribution in [-0.2, 0) is 16.4 Å². The largest absolute Gasteiger partial charge is 0.508 e. The number of fused-ring (bicyclic) bond motifs is 1. The molecule has 5 rings (SSSR count). The summed E-state index contributed by atoms with van der Waals surface area (Å²) >= 11 is 0. The minimum absolute atomic E-state index is 0.0346. The zero-order chi connectivity index (χ0) is 27.0. The van der Waals surface area contributed by atoms with Crippen LogP contribution in [0.4, 0.5) is 4.39 Å². The van der Waals surface area contributed by atoms with Gasteiger partial charge in [-0.05, 0) is 61.7 Å². The molecule has 0 unspecified atom stereocenters. The molecule has 0 amide bonds. The van der Waals surface area contributed by atoms with Crippen molar-refractivity contribution in [3.05, 3.63) is 59.7 Å². The Morgan fingerprint density at radius 3 is 2.79 bits per heavy atom. The molecular formula is C27H31FN6O3S. The molecule has 2 aromatic heterocycles. The Kier molecular flexibility index (Phi) is 7.08. The number of phenols is 1. The van der Waals surface area contributed by atoms with E-state index in [0.29, 0.717) is 42.0 Å². The minimum Gasteiger partial charge on any atom is -0.508 e. The SMILES string of the molecule is CCc1cc(O)ccc1-c1ccc2c(-c3ncc(C4=CC[C@H](C)N(CCS(=O)(=O)NC)C4)[nH]3)[nH]nc2c1F. The molecule has 9 nitrogen and oxygen atoms in total. The van der Waals surface area contributed by atoms with Crippen molar-refractivity contribution in [1.82, 2.24) is 29.8 Å². The molecule has 3 heterocycles. The fourth-order valence-electron chi connectivity index (χ4n) is 4.92. The molecule has 38 heavy (non-hydrogen) atoms. The van der Waals surface area contributed by atoms with Gasteiger partial charge < -0.3 is 10.1 Å². The topological polar surface area (TPSA) is 127 Å². The first-order chi connectivity index (χ1) is 18.2. The van der Waals surface area contributed by atoms with Crippen LogP contribution in [0.2, 0.25) is 0 Å². The smallest absolute Gasteiger partial charge is 0.212 e. The lowest BCUT2D eigenvalue weighted by Gasteiger charge is -2.32. The predicted octanol–water partition coefficient (Wildman–Crippen LogP) is 4.05. The van der Waals surface area contributed by atoms with Crippen LogP contribution in [0.3, 0.4) is 0 Å². The predicted molar refractivity (Wildman–Crippen MR) is 147 cm³/mol. The molecule has 0 radical (unpaired) electrons. The molecule has 0 bridgehead atoms. The highest BCUT2D eigenvalue weighted by molar-refractivity contribution is 7.89. The van der Waals surface area contributed by atoms with E-state index in [1.807, 2.05) is 13.0 Å². The number of rotatable bonds is 8. The minimum atomic E-state index is -3.29. The number of sulfonamides is 1. The summed E-state index contributed by atoms with van der Waals surface area (Å²) in [5.41, 5.74) is 4.65. The number of hydrogen-bond acceptors (Lipinski definition) is 6. The van der Waals surface area contributed by atoms with Crippen molar-refractivity contribution in [3.63, 3.8) is 0 Å². The lowest BCUT2D eigenvalue weighted by molar-refractivity contribution is 0.241. The Labute approximate surface area is 220 Å². The lowest BCUT2D eigenvalue weighted by Crippen LogP contribution is -2.41. The summed E-state index contributed by atoms with van der Waals surface area (Å²) in [5, 5.41) is 17.6. The van der Waals surface area contributed by atoms with Gasteiger partial charge in [0.15, 0.2) is 11.6 Å². The highest BCUT2D eigenvalue weighted by atomic mass is 32.2. The fourth-order valence-corrected chi connectivity index (χ4v) is 5.60. The van der Waals surface area contributed by atoms with Crippen LogP contribution in [0, 0.1) is 5.82 Å². The van der Waals surface area contributed by atoms with Crippen molar-refractivity contribution in [3.8, 4) is 28.4 Å². The zero-order valence-electron chi connectivity index (χ0n) is 21.5. The number of aromatic nitrogens is 4. The highest BCUT2D eigenvalue weighted by Crippen LogP contribution is 2.35. The normalized spacial score (nSPS) is 16.7. The van der Waals surface area contributed by atoms with Crippen LogP contribution in [0.15, 0.2) is 42.6 Å². The van der Waals surface area contributed by atoms with Gasteiger partial charge in [0, 0.05) is 30.1 Å². The molecule has 2 aromatic carbocycles. The second-order valence-electron chi connectivity index (χ2n) is 9.57. The Hall–Kier alpha value is -3.54. The van der Waals surface area contributed by atoms with E-state index >= 15 is 4.39 Å². The van der Waals surface area contributed by atoms with E-state index in [0.717, 1.165) is 28.8 Å². The number of halogens is 1. The van der Waals surface area contributed by atoms with Crippen molar-refractivity contribution in [2.24, 2.45) is 0 Å². The van der Waals surface area contributed by atoms with Gasteiger partial charge in [-0.3, -0.25) is 10.00 Å². The second-order valence-corrected chi connectivity index (χ2v) is 11.6. The Balaban J connectivity index is 1.41. The number of H-pyrrole nitrogens is 2. The molecule has 0 saturated carbocycles. The van der Waals surface area contributed by atoms with Gasteiger partial charge in [-0.25, -0.2) is 22.5 Å². The summed E-state index contributed by atoms with van der Waals surface area (Å²) in [4.78, 5) is 10.0. The summed E-state index contributed by atoms with van der Waals surface area (Å²) in [6.07, 6.45) is 5.33. The number of aryl methyl sites for hydroxylation is 1. The third kappa shape index (κ3) is 4.96. The average molecular weight is 539 g/mol. The maximum absolute atomic E-state index is 15.6. The van der Waals surface area contributed by atoms with Gasteiger partial charge >= 0.3 is 0 Å². The van der Waals surface area contributed by atoms with Gasteiger partial charge in [0.25, 0.3) is 0 Å². The first-order valence-electron chi connectivity index (χ1n) is 12.6. The Morgan fingerprint density at radius 2 is 2.03 bits per heavy atom. The number of nitrogens with one attached hydrogen (secondary N) is 3. The van der Waals surface area contributed by atoms with E-state index in [1.165, 1.54) is 7.05 Å². The number of hydrogen-bond donors (Lipinski definition) is 4. The quantitative estimate of drug-likeness (QED) is 0.268. The summed E-state index contributed by atoms with van der Waals surface area (Å²) in [6, 6.07) is 8.71. The van der Waals surface area contributed by atoms with Gasteiger partial charge in [0.05, 0.1) is 17.6 Å². The van der Waals surface area contributed by atoms with Crippen molar-refractivity contribution >= 4 is 26.5 Å². The molecule has 11 heteroatoms.